The molecule has 9 aromatic carbocycles. The maximum Gasteiger partial charge on any atom is 0.0730 e. The van der Waals surface area contributed by atoms with E-state index in [0.717, 1.165) is 44.9 Å². The summed E-state index contributed by atoms with van der Waals surface area (Å²) in [5.74, 6) is 0. The van der Waals surface area contributed by atoms with Crippen LogP contribution in [0.5, 0.6) is 0 Å². The van der Waals surface area contributed by atoms with Crippen LogP contribution in [0.3, 0.4) is 0 Å². The molecular weight excluding hydrogens is 721 g/mol. The smallest absolute Gasteiger partial charge is 0.0730 e. The number of aromatic nitrogens is 2. The number of para-hydroxylation sites is 2. The molecule has 3 aromatic heterocycles. The van der Waals surface area contributed by atoms with E-state index < -0.39 is 0 Å². The zero-order valence-corrected chi connectivity index (χ0v) is 32.2. The quantitative estimate of drug-likeness (QED) is 0.160. The Bertz CT molecular complexity index is 3520. The number of fused-ring (bicyclic) bond motifs is 9. The molecule has 3 heterocycles. The highest BCUT2D eigenvalue weighted by Gasteiger charge is 2.19. The van der Waals surface area contributed by atoms with Gasteiger partial charge in [0.2, 0.25) is 0 Å². The number of benzene rings is 9. The SMILES string of the molecule is c1ccc(-c2cc(-c3cc(-c4cc5ccccc5c5ccccc45)cc(-n4c5ccccc5c5ccccc54)c3)nc(-c3cccc4c3sc3ccccc34)c2)cc1. The Morgan fingerprint density at radius 3 is 1.74 bits per heavy atom. The van der Waals surface area contributed by atoms with Crippen LogP contribution >= 0.6 is 11.3 Å². The van der Waals surface area contributed by atoms with Crippen molar-refractivity contribution in [3.63, 3.8) is 0 Å². The van der Waals surface area contributed by atoms with E-state index >= 15 is 0 Å². The zero-order chi connectivity index (χ0) is 38.2. The zero-order valence-electron chi connectivity index (χ0n) is 31.4. The highest BCUT2D eigenvalue weighted by Crippen LogP contribution is 2.43. The van der Waals surface area contributed by atoms with Gasteiger partial charge in [-0.15, -0.1) is 11.3 Å². The minimum Gasteiger partial charge on any atom is -0.309 e. The third-order valence-corrected chi connectivity index (χ3v) is 13.0. The van der Waals surface area contributed by atoms with Crippen molar-refractivity contribution in [3.8, 4) is 50.5 Å². The van der Waals surface area contributed by atoms with Crippen LogP contribution in [-0.2, 0) is 0 Å². The van der Waals surface area contributed by atoms with Gasteiger partial charge in [0.25, 0.3) is 0 Å². The number of nitrogens with zero attached hydrogens (tertiary/aromatic N) is 2. The highest BCUT2D eigenvalue weighted by molar-refractivity contribution is 7.26. The first-order valence-corrected chi connectivity index (χ1v) is 20.6. The number of pyridine rings is 1. The molecule has 0 bridgehead atoms. The summed E-state index contributed by atoms with van der Waals surface area (Å²) in [4.78, 5) is 5.61. The Balaban J connectivity index is 1.17. The van der Waals surface area contributed by atoms with Crippen molar-refractivity contribution < 1.29 is 0 Å². The second-order valence-corrected chi connectivity index (χ2v) is 16.2. The van der Waals surface area contributed by atoms with Crippen molar-refractivity contribution in [2.75, 3.05) is 0 Å². The van der Waals surface area contributed by atoms with Crippen LogP contribution in [0.25, 0.3) is 114 Å². The van der Waals surface area contributed by atoms with Gasteiger partial charge in [0.05, 0.1) is 22.4 Å². The molecule has 0 saturated carbocycles. The summed E-state index contributed by atoms with van der Waals surface area (Å²) in [6.07, 6.45) is 0. The third-order valence-electron chi connectivity index (χ3n) is 11.7. The fourth-order valence-electron chi connectivity index (χ4n) is 9.10. The van der Waals surface area contributed by atoms with Crippen LogP contribution in [0.15, 0.2) is 206 Å². The summed E-state index contributed by atoms with van der Waals surface area (Å²) in [5, 5.41) is 10.0. The number of hydrogen-bond donors (Lipinski definition) is 0. The van der Waals surface area contributed by atoms with E-state index in [2.05, 4.69) is 211 Å². The molecule has 0 aliphatic carbocycles. The van der Waals surface area contributed by atoms with Gasteiger partial charge in [0.1, 0.15) is 0 Å². The Morgan fingerprint density at radius 2 is 0.948 bits per heavy atom. The molecule has 0 aliphatic heterocycles. The lowest BCUT2D eigenvalue weighted by Gasteiger charge is -2.17. The van der Waals surface area contributed by atoms with Crippen molar-refractivity contribution in [2.45, 2.75) is 0 Å². The Kier molecular flexibility index (Phi) is 7.44. The van der Waals surface area contributed by atoms with Gasteiger partial charge in [-0.25, -0.2) is 4.98 Å². The third kappa shape index (κ3) is 5.21. The maximum absolute atomic E-state index is 5.61. The first kappa shape index (κ1) is 32.9. The number of rotatable bonds is 5. The molecule has 0 unspecified atom stereocenters. The molecule has 270 valence electrons. The van der Waals surface area contributed by atoms with E-state index in [0.29, 0.717) is 0 Å². The summed E-state index contributed by atoms with van der Waals surface area (Å²) >= 11 is 1.85. The Hall–Kier alpha value is -7.33. The largest absolute Gasteiger partial charge is 0.309 e. The molecule has 58 heavy (non-hydrogen) atoms. The highest BCUT2D eigenvalue weighted by atomic mass is 32.1. The summed E-state index contributed by atoms with van der Waals surface area (Å²) < 4.78 is 4.98. The van der Waals surface area contributed by atoms with E-state index in [4.69, 9.17) is 4.98 Å². The first-order valence-electron chi connectivity index (χ1n) is 19.8. The van der Waals surface area contributed by atoms with Crippen LogP contribution in [0.2, 0.25) is 0 Å². The molecule has 0 aliphatic rings. The summed E-state index contributed by atoms with van der Waals surface area (Å²) in [6, 6.07) is 75.2. The van der Waals surface area contributed by atoms with Crippen molar-refractivity contribution in [2.24, 2.45) is 0 Å². The van der Waals surface area contributed by atoms with Gasteiger partial charge in [0, 0.05) is 47.8 Å². The molecule has 0 spiro atoms. The molecule has 12 aromatic rings. The van der Waals surface area contributed by atoms with Crippen LogP contribution in [0.1, 0.15) is 0 Å². The van der Waals surface area contributed by atoms with Crippen LogP contribution in [-0.4, -0.2) is 9.55 Å². The van der Waals surface area contributed by atoms with Crippen molar-refractivity contribution in [1.29, 1.82) is 0 Å². The van der Waals surface area contributed by atoms with Crippen LogP contribution < -0.4 is 0 Å². The molecule has 0 saturated heterocycles. The fourth-order valence-corrected chi connectivity index (χ4v) is 10.3. The molecule has 0 atom stereocenters. The van der Waals surface area contributed by atoms with Gasteiger partial charge in [-0.05, 0) is 98.4 Å². The predicted octanol–water partition coefficient (Wildman–Crippen LogP) is 15.5. The lowest BCUT2D eigenvalue weighted by Crippen LogP contribution is -1.98. The van der Waals surface area contributed by atoms with Gasteiger partial charge in [-0.1, -0.05) is 152 Å². The van der Waals surface area contributed by atoms with Gasteiger partial charge in [0.15, 0.2) is 0 Å². The van der Waals surface area contributed by atoms with E-state index in [-0.39, 0.29) is 0 Å². The van der Waals surface area contributed by atoms with E-state index in [1.807, 2.05) is 11.3 Å². The summed E-state index contributed by atoms with van der Waals surface area (Å²) in [6.45, 7) is 0. The minimum absolute atomic E-state index is 0.934. The Morgan fingerprint density at radius 1 is 0.345 bits per heavy atom. The molecule has 0 fully saturated rings. The van der Waals surface area contributed by atoms with Crippen LogP contribution in [0, 0.1) is 0 Å². The number of thiophene rings is 1. The average Bonchev–Trinajstić information content (AvgIpc) is 3.85. The second-order valence-electron chi connectivity index (χ2n) is 15.1. The summed E-state index contributed by atoms with van der Waals surface area (Å²) in [7, 11) is 0. The monoisotopic (exact) mass is 754 g/mol. The molecule has 2 nitrogen and oxygen atoms in total. The van der Waals surface area contributed by atoms with Crippen molar-refractivity contribution in [3.05, 3.63) is 206 Å². The van der Waals surface area contributed by atoms with Crippen molar-refractivity contribution >= 4 is 74.9 Å². The van der Waals surface area contributed by atoms with Gasteiger partial charge >= 0.3 is 0 Å². The average molecular weight is 755 g/mol. The molecule has 0 amide bonds. The maximum atomic E-state index is 5.61. The molecule has 0 radical (unpaired) electrons. The molecule has 12 rings (SSSR count). The first-order chi connectivity index (χ1) is 28.7. The normalized spacial score (nSPS) is 11.8. The van der Waals surface area contributed by atoms with Gasteiger partial charge in [-0.3, -0.25) is 0 Å². The van der Waals surface area contributed by atoms with Gasteiger partial charge in [-0.2, -0.15) is 0 Å². The topological polar surface area (TPSA) is 17.8 Å². The predicted molar refractivity (Wildman–Crippen MR) is 248 cm³/mol. The standard InChI is InChI=1S/C55H34N2S/c1-2-15-35(16-3-1)37-33-50(56-51(34-37)48-25-14-24-47-46-23-10-13-28-54(46)58-55(47)48)39-29-38(49-32-36-17-4-5-18-41(36)42-19-6-7-20-43(42)49)30-40(31-39)57-52-26-11-8-21-44(52)45-22-9-12-27-53(45)57/h1-34H. The lowest BCUT2D eigenvalue weighted by molar-refractivity contribution is 1.18. The Labute approximate surface area is 339 Å². The van der Waals surface area contributed by atoms with E-state index in [9.17, 15) is 0 Å². The fraction of sp³-hybridized carbons (Fsp3) is 0. The lowest BCUT2D eigenvalue weighted by atomic mass is 9.91. The van der Waals surface area contributed by atoms with Crippen LogP contribution in [0.4, 0.5) is 0 Å². The van der Waals surface area contributed by atoms with E-state index in [1.54, 1.807) is 0 Å². The minimum atomic E-state index is 0.934. The van der Waals surface area contributed by atoms with E-state index in [1.165, 1.54) is 69.1 Å². The van der Waals surface area contributed by atoms with Gasteiger partial charge < -0.3 is 4.57 Å². The van der Waals surface area contributed by atoms with Crippen molar-refractivity contribution in [1.82, 2.24) is 9.55 Å². The molecule has 0 N–H and O–H groups in total. The second kappa shape index (κ2) is 13.1. The molecular formula is C55H34N2S. The molecule has 3 heteroatoms. The summed E-state index contributed by atoms with van der Waals surface area (Å²) in [5.41, 5.74) is 12.2. The number of hydrogen-bond acceptors (Lipinski definition) is 2.